The number of rotatable bonds is 7. The number of likely N-dealkylation sites (tertiary alicyclic amines) is 1. The van der Waals surface area contributed by atoms with E-state index in [2.05, 4.69) is 9.88 Å². The lowest BCUT2D eigenvalue weighted by Crippen LogP contribution is -2.35. The number of aromatic carboxylic acids is 1. The first-order valence-electron chi connectivity index (χ1n) is 14.7. The molecule has 3 aliphatic rings. The molecule has 11 heteroatoms. The van der Waals surface area contributed by atoms with Crippen LogP contribution < -0.4 is 4.74 Å². The molecule has 2 unspecified atom stereocenters. The number of ether oxygens (including phenoxy) is 2. The van der Waals surface area contributed by atoms with Crippen LogP contribution in [0.2, 0.25) is 5.02 Å². The van der Waals surface area contributed by atoms with Crippen LogP contribution in [0.1, 0.15) is 76.9 Å². The lowest BCUT2D eigenvalue weighted by atomic mass is 9.85. The summed E-state index contributed by atoms with van der Waals surface area (Å²) in [5, 5.41) is 9.75. The Balaban J connectivity index is 1.09. The first-order chi connectivity index (χ1) is 20.8. The second-order valence-electron chi connectivity index (χ2n) is 11.6. The van der Waals surface area contributed by atoms with Crippen LogP contribution >= 0.6 is 11.6 Å². The fraction of sp³-hybridized carbons (Fsp3) is 0.406. The standard InChI is InChI=1S/C32H31ClF2N4O4/c33-19-4-5-22(24(34)14-19)28-15-25(35)23-3-1-2-21(30(23)43-28)18-8-11-38(12-9-18)17-29-36-26-6-7-27(32(40)41)37-31(26)39(29)16-20-10-13-42-20/h1-7,14,18,20,25,28H,8-13,15-17H2,(H,40,41)/t20-,25?,28?/m0/s1. The van der Waals surface area contributed by atoms with Crippen molar-refractivity contribution in [3.63, 3.8) is 0 Å². The summed E-state index contributed by atoms with van der Waals surface area (Å²) in [6.45, 7) is 3.47. The number of benzene rings is 2. The number of hydrogen-bond donors (Lipinski definition) is 1. The van der Waals surface area contributed by atoms with Crippen molar-refractivity contribution in [2.75, 3.05) is 19.7 Å². The minimum atomic E-state index is -1.26. The minimum absolute atomic E-state index is 0.0134. The summed E-state index contributed by atoms with van der Waals surface area (Å²) >= 11 is 5.94. The zero-order valence-corrected chi connectivity index (χ0v) is 24.1. The van der Waals surface area contributed by atoms with Crippen LogP contribution in [0, 0.1) is 5.82 Å². The van der Waals surface area contributed by atoms with Crippen molar-refractivity contribution >= 4 is 28.7 Å². The minimum Gasteiger partial charge on any atom is -0.485 e. The molecule has 0 spiro atoms. The van der Waals surface area contributed by atoms with Gasteiger partial charge in [0.1, 0.15) is 35.2 Å². The fourth-order valence-corrected chi connectivity index (χ4v) is 6.61. The number of fused-ring (bicyclic) bond motifs is 2. The number of piperidine rings is 1. The number of carbonyl (C=O) groups is 1. The van der Waals surface area contributed by atoms with E-state index in [0.717, 1.165) is 50.3 Å². The average molecular weight is 609 g/mol. The maximum Gasteiger partial charge on any atom is 0.354 e. The molecule has 0 radical (unpaired) electrons. The van der Waals surface area contributed by atoms with Crippen LogP contribution in [-0.2, 0) is 17.8 Å². The molecule has 1 N–H and O–H groups in total. The Morgan fingerprint density at radius 2 is 1.84 bits per heavy atom. The third-order valence-electron chi connectivity index (χ3n) is 8.87. The third kappa shape index (κ3) is 5.47. The van der Waals surface area contributed by atoms with Gasteiger partial charge in [0.05, 0.1) is 19.2 Å². The number of nitrogens with zero attached hydrogens (tertiary/aromatic N) is 4. The quantitative estimate of drug-likeness (QED) is 0.252. The topological polar surface area (TPSA) is 89.7 Å². The van der Waals surface area contributed by atoms with Gasteiger partial charge in [0.15, 0.2) is 11.3 Å². The number of pyridine rings is 1. The summed E-state index contributed by atoms with van der Waals surface area (Å²) in [4.78, 5) is 23.1. The van der Waals surface area contributed by atoms with Crippen molar-refractivity contribution in [2.45, 2.75) is 63.1 Å². The van der Waals surface area contributed by atoms with E-state index in [9.17, 15) is 14.3 Å². The van der Waals surface area contributed by atoms with Gasteiger partial charge < -0.3 is 19.1 Å². The highest BCUT2D eigenvalue weighted by atomic mass is 35.5. The van der Waals surface area contributed by atoms with E-state index >= 15 is 4.39 Å². The van der Waals surface area contributed by atoms with Gasteiger partial charge in [-0.05, 0) is 68.1 Å². The number of para-hydroxylation sites is 1. The van der Waals surface area contributed by atoms with Crippen LogP contribution in [-0.4, -0.2) is 56.3 Å². The highest BCUT2D eigenvalue weighted by molar-refractivity contribution is 6.30. The largest absolute Gasteiger partial charge is 0.485 e. The predicted molar refractivity (Wildman–Crippen MR) is 156 cm³/mol. The first-order valence-corrected chi connectivity index (χ1v) is 15.0. The maximum absolute atomic E-state index is 15.4. The zero-order valence-electron chi connectivity index (χ0n) is 23.4. The van der Waals surface area contributed by atoms with E-state index < -0.39 is 24.1 Å². The molecule has 0 amide bonds. The molecule has 7 rings (SSSR count). The molecule has 2 aromatic heterocycles. The van der Waals surface area contributed by atoms with Gasteiger partial charge in [0.25, 0.3) is 0 Å². The lowest BCUT2D eigenvalue weighted by Gasteiger charge is -2.36. The van der Waals surface area contributed by atoms with Crippen molar-refractivity contribution in [3.05, 3.63) is 87.6 Å². The number of halogens is 3. The molecule has 8 nitrogen and oxygen atoms in total. The van der Waals surface area contributed by atoms with Crippen LogP contribution in [0.3, 0.4) is 0 Å². The Morgan fingerprint density at radius 3 is 2.56 bits per heavy atom. The summed E-state index contributed by atoms with van der Waals surface area (Å²) in [6, 6.07) is 13.2. The van der Waals surface area contributed by atoms with Gasteiger partial charge in [-0.15, -0.1) is 0 Å². The molecule has 0 bridgehead atoms. The normalized spacial score (nSPS) is 22.6. The van der Waals surface area contributed by atoms with E-state index in [0.29, 0.717) is 41.1 Å². The second kappa shape index (κ2) is 11.5. The van der Waals surface area contributed by atoms with Crippen molar-refractivity contribution in [3.8, 4) is 5.75 Å². The summed E-state index contributed by atoms with van der Waals surface area (Å²) in [6.07, 6.45) is 0.733. The number of imidazole rings is 1. The number of alkyl halides is 1. The van der Waals surface area contributed by atoms with Gasteiger partial charge in [-0.1, -0.05) is 35.9 Å². The van der Waals surface area contributed by atoms with E-state index in [-0.39, 0.29) is 29.2 Å². The maximum atomic E-state index is 15.4. The highest BCUT2D eigenvalue weighted by Gasteiger charge is 2.35. The monoisotopic (exact) mass is 608 g/mol. The fourth-order valence-electron chi connectivity index (χ4n) is 6.45. The van der Waals surface area contributed by atoms with Crippen LogP contribution in [0.5, 0.6) is 5.75 Å². The van der Waals surface area contributed by atoms with E-state index in [1.54, 1.807) is 24.3 Å². The van der Waals surface area contributed by atoms with Gasteiger partial charge in [0.2, 0.25) is 0 Å². The smallest absolute Gasteiger partial charge is 0.354 e. The summed E-state index contributed by atoms with van der Waals surface area (Å²) in [5.74, 6) is -0.0551. The van der Waals surface area contributed by atoms with Crippen molar-refractivity contribution < 1.29 is 28.2 Å². The predicted octanol–water partition coefficient (Wildman–Crippen LogP) is 6.62. The number of carboxylic acids is 1. The van der Waals surface area contributed by atoms with Crippen molar-refractivity contribution in [1.29, 1.82) is 0 Å². The molecule has 0 aliphatic carbocycles. The molecule has 2 fully saturated rings. The molecule has 0 saturated carbocycles. The van der Waals surface area contributed by atoms with Crippen molar-refractivity contribution in [1.82, 2.24) is 19.4 Å². The highest BCUT2D eigenvalue weighted by Crippen LogP contribution is 2.48. The number of aromatic nitrogens is 3. The molecule has 4 aromatic rings. The molecule has 5 heterocycles. The molecule has 224 valence electrons. The Labute approximate surface area is 252 Å². The average Bonchev–Trinajstić information content (AvgIpc) is 3.31. The Hall–Kier alpha value is -3.60. The molecular formula is C32H31ClF2N4O4. The molecule has 3 aliphatic heterocycles. The van der Waals surface area contributed by atoms with Gasteiger partial charge in [-0.25, -0.2) is 23.5 Å². The van der Waals surface area contributed by atoms with Gasteiger partial charge in [0, 0.05) is 29.2 Å². The summed E-state index contributed by atoms with van der Waals surface area (Å²) in [5.41, 5.74) is 2.99. The first kappa shape index (κ1) is 28.2. The van der Waals surface area contributed by atoms with Crippen LogP contribution in [0.25, 0.3) is 11.2 Å². The van der Waals surface area contributed by atoms with Crippen LogP contribution in [0.15, 0.2) is 48.5 Å². The molecular weight excluding hydrogens is 578 g/mol. The lowest BCUT2D eigenvalue weighted by molar-refractivity contribution is -0.0593. The Morgan fingerprint density at radius 1 is 1.05 bits per heavy atom. The number of carboxylic acid groups (broad SMARTS) is 1. The summed E-state index contributed by atoms with van der Waals surface area (Å²) in [7, 11) is 0. The third-order valence-corrected chi connectivity index (χ3v) is 9.10. The van der Waals surface area contributed by atoms with Crippen LogP contribution in [0.4, 0.5) is 8.78 Å². The Bertz CT molecular complexity index is 1690. The summed E-state index contributed by atoms with van der Waals surface area (Å²) < 4.78 is 44.1. The van der Waals surface area contributed by atoms with Gasteiger partial charge in [-0.3, -0.25) is 4.90 Å². The molecule has 2 aromatic carbocycles. The van der Waals surface area contributed by atoms with Gasteiger partial charge >= 0.3 is 5.97 Å². The Kier molecular flexibility index (Phi) is 7.53. The zero-order chi connectivity index (χ0) is 29.7. The van der Waals surface area contributed by atoms with Crippen molar-refractivity contribution in [2.24, 2.45) is 0 Å². The molecule has 3 atom stereocenters. The molecule has 43 heavy (non-hydrogen) atoms. The van der Waals surface area contributed by atoms with E-state index in [1.165, 1.54) is 12.1 Å². The second-order valence-corrected chi connectivity index (χ2v) is 12.0. The van der Waals surface area contributed by atoms with E-state index in [1.807, 2.05) is 16.7 Å². The SMILES string of the molecule is O=C(O)c1ccc2nc(CN3CCC(c4cccc5c4OC(c4ccc(Cl)cc4F)CC5F)CC3)n(C[C@@H]3CCO3)c2n1. The van der Waals surface area contributed by atoms with E-state index in [4.69, 9.17) is 26.1 Å². The molecule has 2 saturated heterocycles. The number of hydrogen-bond acceptors (Lipinski definition) is 6. The van der Waals surface area contributed by atoms with Gasteiger partial charge in [-0.2, -0.15) is 0 Å².